The number of hydrogen-bond donors (Lipinski definition) is 1. The molecule has 0 heterocycles. The first-order chi connectivity index (χ1) is 6.73. The van der Waals surface area contributed by atoms with E-state index >= 15 is 0 Å². The highest BCUT2D eigenvalue weighted by molar-refractivity contribution is 6.33. The van der Waals surface area contributed by atoms with Crippen molar-refractivity contribution in [2.45, 2.75) is 12.6 Å². The van der Waals surface area contributed by atoms with Crippen LogP contribution in [0.3, 0.4) is 0 Å². The van der Waals surface area contributed by atoms with Crippen LogP contribution in [-0.4, -0.2) is 0 Å². The fourth-order valence-electron chi connectivity index (χ4n) is 1.03. The molecular formula is C8H5ClF5N. The molecule has 0 aliphatic rings. The molecular weight excluding hydrogens is 241 g/mol. The van der Waals surface area contributed by atoms with Crippen molar-refractivity contribution in [2.24, 2.45) is 0 Å². The third kappa shape index (κ3) is 2.50. The normalized spacial score (nSPS) is 12.2. The van der Waals surface area contributed by atoms with Crippen LogP contribution in [0.1, 0.15) is 17.6 Å². The third-order valence-electron chi connectivity index (χ3n) is 1.71. The van der Waals surface area contributed by atoms with E-state index in [9.17, 15) is 22.0 Å². The number of benzene rings is 1. The van der Waals surface area contributed by atoms with Crippen molar-refractivity contribution >= 4 is 17.3 Å². The maximum atomic E-state index is 12.3. The molecule has 1 aromatic rings. The monoisotopic (exact) mass is 245 g/mol. The van der Waals surface area contributed by atoms with Crippen molar-refractivity contribution in [1.82, 2.24) is 0 Å². The standard InChI is InChI=1S/C8H5ClF5N/c9-5-2-4(8(12,13)14)3(7(10)11)1-6(5)15/h1-2,7H,15H2. The van der Waals surface area contributed by atoms with Crippen molar-refractivity contribution in [2.75, 3.05) is 5.73 Å². The molecule has 84 valence electrons. The van der Waals surface area contributed by atoms with Gasteiger partial charge >= 0.3 is 6.18 Å². The molecule has 7 heteroatoms. The van der Waals surface area contributed by atoms with E-state index in [0.717, 1.165) is 0 Å². The van der Waals surface area contributed by atoms with E-state index < -0.39 is 28.8 Å². The van der Waals surface area contributed by atoms with Gasteiger partial charge in [-0.05, 0) is 12.1 Å². The van der Waals surface area contributed by atoms with Crippen LogP contribution in [0.2, 0.25) is 5.02 Å². The summed E-state index contributed by atoms with van der Waals surface area (Å²) in [6.07, 6.45) is -8.12. The molecule has 0 aromatic heterocycles. The van der Waals surface area contributed by atoms with Gasteiger partial charge in [-0.15, -0.1) is 0 Å². The molecule has 2 N–H and O–H groups in total. The van der Waals surface area contributed by atoms with Gasteiger partial charge in [0.15, 0.2) is 0 Å². The van der Waals surface area contributed by atoms with Crippen LogP contribution in [0, 0.1) is 0 Å². The van der Waals surface area contributed by atoms with E-state index in [1.807, 2.05) is 0 Å². The SMILES string of the molecule is Nc1cc(C(F)F)c(C(F)(F)F)cc1Cl. The number of halogens is 6. The molecule has 0 atom stereocenters. The van der Waals surface area contributed by atoms with E-state index in [1.165, 1.54) is 0 Å². The second-order valence-electron chi connectivity index (χ2n) is 2.76. The molecule has 0 spiro atoms. The van der Waals surface area contributed by atoms with Crippen LogP contribution in [0.15, 0.2) is 12.1 Å². The number of alkyl halides is 5. The summed E-state index contributed by atoms with van der Waals surface area (Å²) in [6, 6.07) is 0.939. The Morgan fingerprint density at radius 3 is 2.13 bits per heavy atom. The van der Waals surface area contributed by atoms with Crippen molar-refractivity contribution < 1.29 is 22.0 Å². The molecule has 0 aliphatic carbocycles. The lowest BCUT2D eigenvalue weighted by atomic mass is 10.1. The second kappa shape index (κ2) is 3.84. The van der Waals surface area contributed by atoms with Gasteiger partial charge in [0.25, 0.3) is 6.43 Å². The highest BCUT2D eigenvalue weighted by Gasteiger charge is 2.36. The van der Waals surface area contributed by atoms with Crippen molar-refractivity contribution in [3.05, 3.63) is 28.3 Å². The molecule has 0 bridgehead atoms. The molecule has 1 aromatic carbocycles. The number of anilines is 1. The van der Waals surface area contributed by atoms with Gasteiger partial charge in [-0.1, -0.05) is 11.6 Å². The molecule has 0 saturated carbocycles. The molecule has 0 aliphatic heterocycles. The van der Waals surface area contributed by atoms with E-state index in [4.69, 9.17) is 17.3 Å². The highest BCUT2D eigenvalue weighted by atomic mass is 35.5. The van der Waals surface area contributed by atoms with Crippen LogP contribution in [0.5, 0.6) is 0 Å². The fraction of sp³-hybridized carbons (Fsp3) is 0.250. The zero-order valence-corrected chi connectivity index (χ0v) is 7.83. The van der Waals surface area contributed by atoms with Gasteiger partial charge in [0, 0.05) is 5.56 Å². The van der Waals surface area contributed by atoms with Crippen LogP contribution in [0.4, 0.5) is 27.6 Å². The minimum Gasteiger partial charge on any atom is -0.398 e. The van der Waals surface area contributed by atoms with E-state index in [1.54, 1.807) is 0 Å². The average Bonchev–Trinajstić information content (AvgIpc) is 2.06. The fourth-order valence-corrected chi connectivity index (χ4v) is 1.20. The Bertz CT molecular complexity index is 374. The molecule has 1 nitrogen and oxygen atoms in total. The Kier molecular flexibility index (Phi) is 3.08. The Balaban J connectivity index is 3.42. The average molecular weight is 246 g/mol. The molecule has 1 rings (SSSR count). The van der Waals surface area contributed by atoms with Gasteiger partial charge in [-0.2, -0.15) is 13.2 Å². The molecule has 0 fully saturated rings. The molecule has 0 radical (unpaired) electrons. The largest absolute Gasteiger partial charge is 0.416 e. The first-order valence-corrected chi connectivity index (χ1v) is 4.05. The number of nitrogen functional groups attached to an aromatic ring is 1. The smallest absolute Gasteiger partial charge is 0.398 e. The van der Waals surface area contributed by atoms with Gasteiger partial charge in [-0.3, -0.25) is 0 Å². The summed E-state index contributed by atoms with van der Waals surface area (Å²) >= 11 is 5.33. The van der Waals surface area contributed by atoms with Gasteiger partial charge in [0.05, 0.1) is 16.3 Å². The van der Waals surface area contributed by atoms with Crippen LogP contribution in [-0.2, 0) is 6.18 Å². The van der Waals surface area contributed by atoms with E-state index in [0.29, 0.717) is 12.1 Å². The maximum absolute atomic E-state index is 12.3. The van der Waals surface area contributed by atoms with Crippen LogP contribution in [0.25, 0.3) is 0 Å². The predicted octanol–water partition coefficient (Wildman–Crippen LogP) is 3.88. The second-order valence-corrected chi connectivity index (χ2v) is 3.17. The summed E-state index contributed by atoms with van der Waals surface area (Å²) < 4.78 is 61.4. The quantitative estimate of drug-likeness (QED) is 0.590. The number of hydrogen-bond acceptors (Lipinski definition) is 1. The van der Waals surface area contributed by atoms with Gasteiger partial charge < -0.3 is 5.73 Å². The minimum atomic E-state index is -4.87. The lowest BCUT2D eigenvalue weighted by molar-refractivity contribution is -0.139. The summed E-state index contributed by atoms with van der Waals surface area (Å²) in [5.41, 5.74) is 2.21. The Morgan fingerprint density at radius 2 is 1.73 bits per heavy atom. The third-order valence-corrected chi connectivity index (χ3v) is 2.04. The molecule has 0 amide bonds. The first-order valence-electron chi connectivity index (χ1n) is 3.67. The summed E-state index contributed by atoms with van der Waals surface area (Å²) in [4.78, 5) is 0. The van der Waals surface area contributed by atoms with E-state index in [2.05, 4.69) is 0 Å². The lowest BCUT2D eigenvalue weighted by Crippen LogP contribution is -2.10. The maximum Gasteiger partial charge on any atom is 0.416 e. The van der Waals surface area contributed by atoms with E-state index in [-0.39, 0.29) is 5.69 Å². The summed E-state index contributed by atoms with van der Waals surface area (Å²) in [6.45, 7) is 0. The number of nitrogens with two attached hydrogens (primary N) is 1. The highest BCUT2D eigenvalue weighted by Crippen LogP contribution is 2.39. The summed E-state index contributed by atoms with van der Waals surface area (Å²) in [7, 11) is 0. The summed E-state index contributed by atoms with van der Waals surface area (Å²) in [5.74, 6) is 0. The van der Waals surface area contributed by atoms with Crippen LogP contribution < -0.4 is 5.73 Å². The van der Waals surface area contributed by atoms with Crippen molar-refractivity contribution in [3.8, 4) is 0 Å². The molecule has 0 unspecified atom stereocenters. The van der Waals surface area contributed by atoms with Crippen LogP contribution >= 0.6 is 11.6 Å². The minimum absolute atomic E-state index is 0.306. The topological polar surface area (TPSA) is 26.0 Å². The first kappa shape index (κ1) is 12.0. The van der Waals surface area contributed by atoms with Crippen molar-refractivity contribution in [3.63, 3.8) is 0 Å². The Morgan fingerprint density at radius 1 is 1.20 bits per heavy atom. The Hall–Kier alpha value is -1.04. The Labute approximate surface area is 86.6 Å². The van der Waals surface area contributed by atoms with Gasteiger partial charge in [-0.25, -0.2) is 8.78 Å². The summed E-state index contributed by atoms with van der Waals surface area (Å²) in [5, 5.41) is -0.397. The molecule has 0 saturated heterocycles. The predicted molar refractivity (Wildman–Crippen MR) is 45.8 cm³/mol. The lowest BCUT2D eigenvalue weighted by Gasteiger charge is -2.13. The molecule has 15 heavy (non-hydrogen) atoms. The van der Waals surface area contributed by atoms with Gasteiger partial charge in [0.1, 0.15) is 0 Å². The zero-order valence-electron chi connectivity index (χ0n) is 7.08. The van der Waals surface area contributed by atoms with Gasteiger partial charge in [0.2, 0.25) is 0 Å². The van der Waals surface area contributed by atoms with Crippen molar-refractivity contribution in [1.29, 1.82) is 0 Å². The number of rotatable bonds is 1. The zero-order chi connectivity index (χ0) is 11.8.